The van der Waals surface area contributed by atoms with E-state index in [0.717, 1.165) is 31.9 Å². The zero-order valence-electron chi connectivity index (χ0n) is 19.0. The molecule has 1 saturated carbocycles. The maximum atomic E-state index is 12.2. The number of piperidine rings is 1. The predicted molar refractivity (Wildman–Crippen MR) is 139 cm³/mol. The first-order valence-corrected chi connectivity index (χ1v) is 11.8. The number of nitrogens with zero attached hydrogens (tertiary/aromatic N) is 2. The SMILES string of the molecule is CN=C(NCCNC(=O)C1CCCCC1)NCc1ccc(CN2CCCCC2)cc1.I. The van der Waals surface area contributed by atoms with E-state index >= 15 is 0 Å². The first-order chi connectivity index (χ1) is 14.7. The minimum absolute atomic E-state index is 0. The lowest BCUT2D eigenvalue weighted by Gasteiger charge is -2.26. The van der Waals surface area contributed by atoms with Gasteiger partial charge >= 0.3 is 0 Å². The van der Waals surface area contributed by atoms with Gasteiger partial charge in [0.05, 0.1) is 0 Å². The van der Waals surface area contributed by atoms with E-state index < -0.39 is 0 Å². The zero-order valence-corrected chi connectivity index (χ0v) is 21.3. The minimum Gasteiger partial charge on any atom is -0.355 e. The number of nitrogens with one attached hydrogen (secondary N) is 3. The quantitative estimate of drug-likeness (QED) is 0.204. The maximum absolute atomic E-state index is 12.2. The third-order valence-electron chi connectivity index (χ3n) is 6.25. The molecular weight excluding hydrogens is 501 g/mol. The van der Waals surface area contributed by atoms with Gasteiger partial charge in [0, 0.05) is 39.1 Å². The van der Waals surface area contributed by atoms with Crippen molar-refractivity contribution in [2.75, 3.05) is 33.2 Å². The Balaban J connectivity index is 0.00000341. The van der Waals surface area contributed by atoms with Crippen molar-refractivity contribution in [3.63, 3.8) is 0 Å². The molecule has 1 aliphatic carbocycles. The Morgan fingerprint density at radius 1 is 0.903 bits per heavy atom. The molecule has 1 amide bonds. The van der Waals surface area contributed by atoms with Crippen molar-refractivity contribution in [2.45, 2.75) is 64.5 Å². The molecule has 1 heterocycles. The lowest BCUT2D eigenvalue weighted by molar-refractivity contribution is -0.125. The fourth-order valence-corrected chi connectivity index (χ4v) is 4.42. The lowest BCUT2D eigenvalue weighted by Crippen LogP contribution is -2.42. The standard InChI is InChI=1S/C24H39N5O.HI/c1-25-24(27-15-14-26-23(30)22-8-4-2-5-9-22)28-18-20-10-12-21(13-11-20)19-29-16-6-3-7-17-29;/h10-13,22H,2-9,14-19H2,1H3,(H,26,30)(H2,25,27,28);1H. The van der Waals surface area contributed by atoms with Crippen molar-refractivity contribution in [2.24, 2.45) is 10.9 Å². The summed E-state index contributed by atoms with van der Waals surface area (Å²) < 4.78 is 0. The van der Waals surface area contributed by atoms with E-state index in [4.69, 9.17) is 0 Å². The van der Waals surface area contributed by atoms with Crippen molar-refractivity contribution < 1.29 is 4.79 Å². The van der Waals surface area contributed by atoms with Crippen LogP contribution >= 0.6 is 24.0 Å². The van der Waals surface area contributed by atoms with Gasteiger partial charge in [-0.3, -0.25) is 14.7 Å². The average Bonchev–Trinajstić information content (AvgIpc) is 2.80. The summed E-state index contributed by atoms with van der Waals surface area (Å²) in [5.41, 5.74) is 2.63. The number of carbonyl (C=O) groups excluding carboxylic acids is 1. The number of rotatable bonds is 8. The number of carbonyl (C=O) groups is 1. The van der Waals surface area contributed by atoms with Crippen molar-refractivity contribution in [3.05, 3.63) is 35.4 Å². The minimum atomic E-state index is 0. The van der Waals surface area contributed by atoms with Gasteiger partial charge in [-0.1, -0.05) is 49.9 Å². The number of aliphatic imine (C=N–C) groups is 1. The second-order valence-corrected chi connectivity index (χ2v) is 8.63. The Bertz CT molecular complexity index is 667. The number of guanidine groups is 1. The summed E-state index contributed by atoms with van der Waals surface area (Å²) in [6.45, 7) is 5.55. The van der Waals surface area contributed by atoms with Crippen LogP contribution in [0, 0.1) is 5.92 Å². The first-order valence-electron chi connectivity index (χ1n) is 11.8. The molecule has 1 aliphatic heterocycles. The fourth-order valence-electron chi connectivity index (χ4n) is 4.42. The number of hydrogen-bond donors (Lipinski definition) is 3. The number of benzene rings is 1. The Morgan fingerprint density at radius 2 is 1.52 bits per heavy atom. The monoisotopic (exact) mass is 541 g/mol. The van der Waals surface area contributed by atoms with Crippen LogP contribution in [0.2, 0.25) is 0 Å². The highest BCUT2D eigenvalue weighted by Gasteiger charge is 2.20. The van der Waals surface area contributed by atoms with Gasteiger partial charge < -0.3 is 16.0 Å². The highest BCUT2D eigenvalue weighted by Crippen LogP contribution is 2.23. The Labute approximate surface area is 205 Å². The molecule has 2 aliphatic rings. The summed E-state index contributed by atoms with van der Waals surface area (Å²) >= 11 is 0. The third-order valence-corrected chi connectivity index (χ3v) is 6.25. The van der Waals surface area contributed by atoms with E-state index in [0.29, 0.717) is 13.1 Å². The van der Waals surface area contributed by atoms with Gasteiger partial charge in [-0.25, -0.2) is 0 Å². The van der Waals surface area contributed by atoms with Gasteiger partial charge in [0.2, 0.25) is 5.91 Å². The van der Waals surface area contributed by atoms with Crippen LogP contribution in [0.5, 0.6) is 0 Å². The molecule has 1 saturated heterocycles. The summed E-state index contributed by atoms with van der Waals surface area (Å²) in [7, 11) is 1.78. The topological polar surface area (TPSA) is 68.8 Å². The molecule has 3 rings (SSSR count). The van der Waals surface area contributed by atoms with Crippen LogP contribution in [0.3, 0.4) is 0 Å². The summed E-state index contributed by atoms with van der Waals surface area (Å²) in [6.07, 6.45) is 9.77. The molecule has 1 aromatic carbocycles. The van der Waals surface area contributed by atoms with Crippen LogP contribution in [0.1, 0.15) is 62.5 Å². The highest BCUT2D eigenvalue weighted by atomic mass is 127. The number of halogens is 1. The first kappa shape index (κ1) is 25.9. The molecule has 7 heteroatoms. The normalized spacial score (nSPS) is 18.2. The largest absolute Gasteiger partial charge is 0.355 e. The van der Waals surface area contributed by atoms with Crippen molar-refractivity contribution >= 4 is 35.8 Å². The second-order valence-electron chi connectivity index (χ2n) is 8.63. The molecule has 0 radical (unpaired) electrons. The van der Waals surface area contributed by atoms with E-state index in [1.807, 2.05) is 0 Å². The van der Waals surface area contributed by atoms with Gasteiger partial charge in [0.25, 0.3) is 0 Å². The molecular formula is C24H40IN5O. The van der Waals surface area contributed by atoms with E-state index in [1.54, 1.807) is 7.05 Å². The molecule has 0 bridgehead atoms. The molecule has 6 nitrogen and oxygen atoms in total. The molecule has 3 N–H and O–H groups in total. The van der Waals surface area contributed by atoms with Gasteiger partial charge in [-0.2, -0.15) is 0 Å². The van der Waals surface area contributed by atoms with Crippen molar-refractivity contribution in [1.29, 1.82) is 0 Å². The van der Waals surface area contributed by atoms with E-state index in [-0.39, 0.29) is 35.8 Å². The lowest BCUT2D eigenvalue weighted by atomic mass is 9.89. The van der Waals surface area contributed by atoms with Crippen LogP contribution in [-0.4, -0.2) is 50.0 Å². The van der Waals surface area contributed by atoms with E-state index in [2.05, 4.69) is 50.1 Å². The molecule has 0 spiro atoms. The molecule has 31 heavy (non-hydrogen) atoms. The number of amides is 1. The van der Waals surface area contributed by atoms with Crippen LogP contribution in [0.25, 0.3) is 0 Å². The molecule has 0 aromatic heterocycles. The van der Waals surface area contributed by atoms with Crippen LogP contribution in [0.15, 0.2) is 29.3 Å². The number of likely N-dealkylation sites (tertiary alicyclic amines) is 1. The van der Waals surface area contributed by atoms with Crippen LogP contribution < -0.4 is 16.0 Å². The van der Waals surface area contributed by atoms with Gasteiger partial charge in [0.1, 0.15) is 0 Å². The Hall–Kier alpha value is -1.35. The summed E-state index contributed by atoms with van der Waals surface area (Å²) in [5.74, 6) is 1.19. The van der Waals surface area contributed by atoms with Gasteiger partial charge in [-0.05, 0) is 49.9 Å². The zero-order chi connectivity index (χ0) is 21.0. The van der Waals surface area contributed by atoms with Gasteiger partial charge in [0.15, 0.2) is 5.96 Å². The van der Waals surface area contributed by atoms with Crippen LogP contribution in [-0.2, 0) is 17.9 Å². The molecule has 1 aromatic rings. The molecule has 174 valence electrons. The van der Waals surface area contributed by atoms with E-state index in [1.165, 1.54) is 62.7 Å². The molecule has 0 atom stereocenters. The third kappa shape index (κ3) is 9.35. The smallest absolute Gasteiger partial charge is 0.223 e. The number of hydrogen-bond acceptors (Lipinski definition) is 3. The predicted octanol–water partition coefficient (Wildman–Crippen LogP) is 3.65. The highest BCUT2D eigenvalue weighted by molar-refractivity contribution is 14.0. The summed E-state index contributed by atoms with van der Waals surface area (Å²) in [5, 5.41) is 9.69. The summed E-state index contributed by atoms with van der Waals surface area (Å²) in [4.78, 5) is 19.0. The average molecular weight is 542 g/mol. The Morgan fingerprint density at radius 3 is 2.19 bits per heavy atom. The molecule has 0 unspecified atom stereocenters. The summed E-state index contributed by atoms with van der Waals surface area (Å²) in [6, 6.07) is 8.87. The van der Waals surface area contributed by atoms with Crippen LogP contribution in [0.4, 0.5) is 0 Å². The second kappa shape index (κ2) is 14.7. The van der Waals surface area contributed by atoms with Gasteiger partial charge in [-0.15, -0.1) is 24.0 Å². The maximum Gasteiger partial charge on any atom is 0.223 e. The van der Waals surface area contributed by atoms with E-state index in [9.17, 15) is 4.79 Å². The molecule has 2 fully saturated rings. The van der Waals surface area contributed by atoms with Crippen molar-refractivity contribution in [3.8, 4) is 0 Å². The fraction of sp³-hybridized carbons (Fsp3) is 0.667. The Kier molecular flexibility index (Phi) is 12.3. The van der Waals surface area contributed by atoms with Crippen molar-refractivity contribution in [1.82, 2.24) is 20.9 Å².